The van der Waals surface area contributed by atoms with Crippen LogP contribution in [0.15, 0.2) is 30.3 Å². The fourth-order valence-electron chi connectivity index (χ4n) is 1.56. The average molecular weight is 331 g/mol. The minimum atomic E-state index is -4.69. The lowest BCUT2D eigenvalue weighted by molar-refractivity contribution is -0.141. The first-order chi connectivity index (χ1) is 10.3. The second-order valence-electron chi connectivity index (χ2n) is 4.08. The van der Waals surface area contributed by atoms with E-state index in [1.54, 1.807) is 0 Å². The van der Waals surface area contributed by atoms with Gasteiger partial charge in [0.1, 0.15) is 5.82 Å². The van der Waals surface area contributed by atoms with E-state index >= 15 is 0 Å². The lowest BCUT2D eigenvalue weighted by Crippen LogP contribution is -2.35. The number of halogens is 4. The van der Waals surface area contributed by atoms with Crippen LogP contribution >= 0.6 is 12.2 Å². The lowest BCUT2D eigenvalue weighted by Gasteiger charge is -2.12. The highest BCUT2D eigenvalue weighted by Gasteiger charge is 2.33. The molecule has 0 aliphatic carbocycles. The van der Waals surface area contributed by atoms with E-state index in [1.807, 2.05) is 0 Å². The first kappa shape index (κ1) is 15.9. The van der Waals surface area contributed by atoms with Crippen LogP contribution < -0.4 is 16.6 Å². The molecule has 0 aliphatic heterocycles. The molecule has 22 heavy (non-hydrogen) atoms. The van der Waals surface area contributed by atoms with Crippen molar-refractivity contribution < 1.29 is 17.6 Å². The third-order valence-corrected chi connectivity index (χ3v) is 2.54. The zero-order valence-corrected chi connectivity index (χ0v) is 11.6. The van der Waals surface area contributed by atoms with Crippen LogP contribution in [0.1, 0.15) is 5.69 Å². The monoisotopic (exact) mass is 331 g/mol. The number of rotatable bonds is 3. The van der Waals surface area contributed by atoms with Gasteiger partial charge in [0.2, 0.25) is 5.95 Å². The van der Waals surface area contributed by atoms with Crippen molar-refractivity contribution in [2.75, 3.05) is 5.43 Å². The minimum Gasteiger partial charge on any atom is -0.375 e. The SMILES string of the molecule is NC(=S)NNc1nc(-c2cccc(F)c2)cc(C(F)(F)F)n1. The van der Waals surface area contributed by atoms with Gasteiger partial charge in [-0.15, -0.1) is 0 Å². The number of benzene rings is 1. The van der Waals surface area contributed by atoms with Crippen LogP contribution in [0.2, 0.25) is 0 Å². The second-order valence-corrected chi connectivity index (χ2v) is 4.52. The molecule has 0 spiro atoms. The maximum Gasteiger partial charge on any atom is 0.433 e. The molecule has 0 saturated carbocycles. The Balaban J connectivity index is 2.48. The number of hydrogen-bond acceptors (Lipinski definition) is 4. The van der Waals surface area contributed by atoms with Crippen LogP contribution in [-0.2, 0) is 6.18 Å². The van der Waals surface area contributed by atoms with Gasteiger partial charge in [0.15, 0.2) is 10.8 Å². The first-order valence-corrected chi connectivity index (χ1v) is 6.20. The highest BCUT2D eigenvalue weighted by Crippen LogP contribution is 2.31. The Morgan fingerprint density at radius 1 is 1.18 bits per heavy atom. The Hall–Kier alpha value is -2.49. The molecule has 0 amide bonds. The van der Waals surface area contributed by atoms with E-state index < -0.39 is 23.6 Å². The Morgan fingerprint density at radius 2 is 1.91 bits per heavy atom. The first-order valence-electron chi connectivity index (χ1n) is 5.79. The number of nitrogens with one attached hydrogen (secondary N) is 2. The number of alkyl halides is 3. The molecule has 116 valence electrons. The zero-order chi connectivity index (χ0) is 16.3. The molecule has 10 heteroatoms. The largest absolute Gasteiger partial charge is 0.433 e. The number of anilines is 1. The van der Waals surface area contributed by atoms with Gasteiger partial charge in [0, 0.05) is 5.56 Å². The second kappa shape index (κ2) is 6.10. The minimum absolute atomic E-state index is 0.103. The summed E-state index contributed by atoms with van der Waals surface area (Å²) in [6.07, 6.45) is -4.69. The molecular weight excluding hydrogens is 322 g/mol. The number of thiocarbonyl (C=S) groups is 1. The third kappa shape index (κ3) is 4.01. The van der Waals surface area contributed by atoms with Gasteiger partial charge in [-0.2, -0.15) is 13.2 Å². The maximum atomic E-state index is 13.2. The van der Waals surface area contributed by atoms with Crippen molar-refractivity contribution in [2.24, 2.45) is 5.73 Å². The van der Waals surface area contributed by atoms with Crippen molar-refractivity contribution >= 4 is 23.3 Å². The average Bonchev–Trinajstić information content (AvgIpc) is 2.44. The zero-order valence-electron chi connectivity index (χ0n) is 10.8. The van der Waals surface area contributed by atoms with E-state index in [9.17, 15) is 17.6 Å². The van der Waals surface area contributed by atoms with Crippen molar-refractivity contribution in [1.82, 2.24) is 15.4 Å². The summed E-state index contributed by atoms with van der Waals surface area (Å²) in [5, 5.41) is -0.201. The van der Waals surface area contributed by atoms with Gasteiger partial charge >= 0.3 is 6.18 Å². The van der Waals surface area contributed by atoms with Gasteiger partial charge in [0.05, 0.1) is 5.69 Å². The molecule has 0 aliphatic rings. The molecule has 0 fully saturated rings. The van der Waals surface area contributed by atoms with Crippen LogP contribution in [0.25, 0.3) is 11.3 Å². The smallest absolute Gasteiger partial charge is 0.375 e. The third-order valence-electron chi connectivity index (χ3n) is 2.43. The molecule has 1 aromatic carbocycles. The highest BCUT2D eigenvalue weighted by molar-refractivity contribution is 7.80. The summed E-state index contributed by atoms with van der Waals surface area (Å²) in [6, 6.07) is 5.74. The van der Waals surface area contributed by atoms with E-state index in [2.05, 4.69) is 33.0 Å². The molecule has 2 aromatic rings. The molecule has 5 nitrogen and oxygen atoms in total. The van der Waals surface area contributed by atoms with Gasteiger partial charge in [-0.05, 0) is 30.4 Å². The molecule has 1 aromatic heterocycles. The van der Waals surface area contributed by atoms with Gasteiger partial charge in [-0.25, -0.2) is 14.4 Å². The van der Waals surface area contributed by atoms with Crippen LogP contribution in [0.5, 0.6) is 0 Å². The number of hydrazine groups is 1. The molecule has 0 atom stereocenters. The van der Waals surface area contributed by atoms with Crippen LogP contribution in [0, 0.1) is 5.82 Å². The summed E-state index contributed by atoms with van der Waals surface area (Å²) >= 11 is 4.52. The molecule has 2 rings (SSSR count). The quantitative estimate of drug-likeness (QED) is 0.456. The molecule has 4 N–H and O–H groups in total. The molecule has 1 heterocycles. The number of hydrogen-bond donors (Lipinski definition) is 3. The van der Waals surface area contributed by atoms with Crippen LogP contribution in [-0.4, -0.2) is 15.1 Å². The molecule has 0 radical (unpaired) electrons. The summed E-state index contributed by atoms with van der Waals surface area (Å²) in [5.74, 6) is -0.998. The maximum absolute atomic E-state index is 13.2. The predicted octanol–water partition coefficient (Wildman–Crippen LogP) is 2.46. The Morgan fingerprint density at radius 3 is 2.50 bits per heavy atom. The summed E-state index contributed by atoms with van der Waals surface area (Å²) in [5.41, 5.74) is 8.52. The van der Waals surface area contributed by atoms with Crippen molar-refractivity contribution in [1.29, 1.82) is 0 Å². The normalized spacial score (nSPS) is 11.1. The number of nitrogens with two attached hydrogens (primary N) is 1. The standard InChI is InChI=1S/C12H9F4N5S/c13-7-3-1-2-6(4-7)8-5-9(12(14,15)16)19-11(18-8)21-20-10(17)22/h1-5H,(H3,17,20,22)(H,18,19,21). The Labute approximate surface area is 127 Å². The van der Waals surface area contributed by atoms with E-state index in [0.29, 0.717) is 0 Å². The van der Waals surface area contributed by atoms with E-state index in [0.717, 1.165) is 12.1 Å². The molecular formula is C12H9F4N5S. The van der Waals surface area contributed by atoms with E-state index in [-0.39, 0.29) is 16.4 Å². The molecule has 0 saturated heterocycles. The van der Waals surface area contributed by atoms with Gasteiger partial charge in [-0.3, -0.25) is 10.9 Å². The summed E-state index contributed by atoms with van der Waals surface area (Å²) in [7, 11) is 0. The van der Waals surface area contributed by atoms with Crippen molar-refractivity contribution in [3.8, 4) is 11.3 Å². The van der Waals surface area contributed by atoms with Crippen molar-refractivity contribution in [2.45, 2.75) is 6.18 Å². The topological polar surface area (TPSA) is 75.9 Å². The van der Waals surface area contributed by atoms with Crippen LogP contribution in [0.3, 0.4) is 0 Å². The Kier molecular flexibility index (Phi) is 4.40. The number of nitrogens with zero attached hydrogens (tertiary/aromatic N) is 2. The predicted molar refractivity (Wildman–Crippen MR) is 76.0 cm³/mol. The van der Waals surface area contributed by atoms with E-state index in [4.69, 9.17) is 5.73 Å². The fourth-order valence-corrected chi connectivity index (χ4v) is 1.61. The number of aromatic nitrogens is 2. The Bertz CT molecular complexity index is 704. The van der Waals surface area contributed by atoms with Gasteiger partial charge in [-0.1, -0.05) is 12.1 Å². The summed E-state index contributed by atoms with van der Waals surface area (Å²) in [6.45, 7) is 0. The van der Waals surface area contributed by atoms with Gasteiger partial charge < -0.3 is 5.73 Å². The fraction of sp³-hybridized carbons (Fsp3) is 0.0833. The van der Waals surface area contributed by atoms with E-state index in [1.165, 1.54) is 18.2 Å². The lowest BCUT2D eigenvalue weighted by atomic mass is 10.1. The highest BCUT2D eigenvalue weighted by atomic mass is 32.1. The van der Waals surface area contributed by atoms with Crippen LogP contribution in [0.4, 0.5) is 23.5 Å². The van der Waals surface area contributed by atoms with Gasteiger partial charge in [0.25, 0.3) is 0 Å². The van der Waals surface area contributed by atoms with Crippen molar-refractivity contribution in [3.05, 3.63) is 41.8 Å². The van der Waals surface area contributed by atoms with Crippen molar-refractivity contribution in [3.63, 3.8) is 0 Å². The molecule has 0 unspecified atom stereocenters. The molecule has 0 bridgehead atoms. The summed E-state index contributed by atoms with van der Waals surface area (Å²) < 4.78 is 51.9. The summed E-state index contributed by atoms with van der Waals surface area (Å²) in [4.78, 5) is 7.17.